The normalized spacial score (nSPS) is 17.7. The molecular formula is C18H28N2O3. The fraction of sp³-hybridized carbons (Fsp3) is 0.611. The predicted molar refractivity (Wildman–Crippen MR) is 90.7 cm³/mol. The molecule has 0 spiro atoms. The first-order valence-electron chi connectivity index (χ1n) is 8.11. The number of hydrogen-bond acceptors (Lipinski definition) is 4. The van der Waals surface area contributed by atoms with Crippen LogP contribution in [0.15, 0.2) is 24.3 Å². The zero-order chi connectivity index (χ0) is 17.1. The number of nitrogens with zero attached hydrogens (tertiary/aromatic N) is 1. The lowest BCUT2D eigenvalue weighted by atomic mass is 9.82. The second-order valence-electron chi connectivity index (χ2n) is 7.32. The van der Waals surface area contributed by atoms with Gasteiger partial charge >= 0.3 is 6.09 Å². The first-order chi connectivity index (χ1) is 10.7. The van der Waals surface area contributed by atoms with E-state index in [0.29, 0.717) is 13.1 Å². The molecule has 0 radical (unpaired) electrons. The quantitative estimate of drug-likeness (QED) is 0.930. The molecule has 0 atom stereocenters. The molecule has 0 bridgehead atoms. The molecular weight excluding hydrogens is 292 g/mol. The van der Waals surface area contributed by atoms with Gasteiger partial charge in [-0.2, -0.15) is 0 Å². The number of nitrogens with two attached hydrogens (primary N) is 1. The Morgan fingerprint density at radius 1 is 1.26 bits per heavy atom. The number of piperidine rings is 1. The molecule has 0 aliphatic carbocycles. The summed E-state index contributed by atoms with van der Waals surface area (Å²) in [4.78, 5) is 13.9. The van der Waals surface area contributed by atoms with Gasteiger partial charge in [0.05, 0.1) is 7.11 Å². The summed E-state index contributed by atoms with van der Waals surface area (Å²) in [6.45, 7) is 6.89. The molecule has 1 aromatic rings. The van der Waals surface area contributed by atoms with E-state index in [4.69, 9.17) is 15.2 Å². The molecule has 128 valence electrons. The summed E-state index contributed by atoms with van der Waals surface area (Å²) in [5.41, 5.74) is 6.91. The van der Waals surface area contributed by atoms with E-state index in [1.807, 2.05) is 45.0 Å². The standard InChI is InChI=1S/C18H28N2O3/c1-17(2,3)23-16(21)20-11-9-18(19,10-12-20)13-14-7-5-6-8-15(14)22-4/h5-8H,9-13,19H2,1-4H3. The van der Waals surface area contributed by atoms with Gasteiger partial charge in [-0.25, -0.2) is 4.79 Å². The smallest absolute Gasteiger partial charge is 0.410 e. The van der Waals surface area contributed by atoms with Crippen molar-refractivity contribution in [2.45, 2.75) is 51.2 Å². The van der Waals surface area contributed by atoms with E-state index >= 15 is 0 Å². The minimum absolute atomic E-state index is 0.253. The summed E-state index contributed by atoms with van der Waals surface area (Å²) in [6, 6.07) is 7.95. The summed E-state index contributed by atoms with van der Waals surface area (Å²) >= 11 is 0. The molecule has 1 fully saturated rings. The minimum atomic E-state index is -0.467. The first kappa shape index (κ1) is 17.6. The maximum atomic E-state index is 12.1. The Kier molecular flexibility index (Phi) is 5.19. The highest BCUT2D eigenvalue weighted by Gasteiger charge is 2.34. The van der Waals surface area contributed by atoms with Crippen LogP contribution in [0, 0.1) is 0 Å². The van der Waals surface area contributed by atoms with Gasteiger partial charge in [0, 0.05) is 18.6 Å². The van der Waals surface area contributed by atoms with Gasteiger partial charge in [0.2, 0.25) is 0 Å². The van der Waals surface area contributed by atoms with Crippen LogP contribution in [0.1, 0.15) is 39.2 Å². The van der Waals surface area contributed by atoms with Crippen molar-refractivity contribution in [2.24, 2.45) is 5.73 Å². The summed E-state index contributed by atoms with van der Waals surface area (Å²) in [5, 5.41) is 0. The third-order valence-electron chi connectivity index (χ3n) is 4.15. The molecule has 1 amide bonds. The van der Waals surface area contributed by atoms with Gasteiger partial charge in [-0.15, -0.1) is 0 Å². The molecule has 5 heteroatoms. The van der Waals surface area contributed by atoms with Crippen LogP contribution in [0.5, 0.6) is 5.75 Å². The SMILES string of the molecule is COc1ccccc1CC1(N)CCN(C(=O)OC(C)(C)C)CC1. The molecule has 1 aliphatic heterocycles. The van der Waals surface area contributed by atoms with Gasteiger partial charge in [-0.1, -0.05) is 18.2 Å². The second-order valence-corrected chi connectivity index (χ2v) is 7.32. The molecule has 1 aliphatic rings. The van der Waals surface area contributed by atoms with Crippen molar-refractivity contribution in [1.29, 1.82) is 0 Å². The Bertz CT molecular complexity index is 543. The number of para-hydroxylation sites is 1. The lowest BCUT2D eigenvalue weighted by Crippen LogP contribution is -2.53. The monoisotopic (exact) mass is 320 g/mol. The van der Waals surface area contributed by atoms with E-state index in [1.54, 1.807) is 12.0 Å². The van der Waals surface area contributed by atoms with Crippen LogP contribution in [0.3, 0.4) is 0 Å². The van der Waals surface area contributed by atoms with Crippen molar-refractivity contribution in [1.82, 2.24) is 4.90 Å². The molecule has 2 N–H and O–H groups in total. The number of ether oxygens (including phenoxy) is 2. The number of carbonyl (C=O) groups excluding carboxylic acids is 1. The Labute approximate surface area is 138 Å². The molecule has 1 heterocycles. The van der Waals surface area contributed by atoms with Gasteiger partial charge in [-0.05, 0) is 51.7 Å². The van der Waals surface area contributed by atoms with E-state index in [2.05, 4.69) is 0 Å². The molecule has 0 saturated carbocycles. The highest BCUT2D eigenvalue weighted by molar-refractivity contribution is 5.68. The molecule has 1 saturated heterocycles. The minimum Gasteiger partial charge on any atom is -0.496 e. The zero-order valence-corrected chi connectivity index (χ0v) is 14.6. The third kappa shape index (κ3) is 4.86. The Balaban J connectivity index is 1.96. The van der Waals surface area contributed by atoms with Crippen LogP contribution in [0.25, 0.3) is 0 Å². The van der Waals surface area contributed by atoms with E-state index in [-0.39, 0.29) is 11.6 Å². The van der Waals surface area contributed by atoms with Crippen LogP contribution in [-0.4, -0.2) is 42.3 Å². The number of benzene rings is 1. The second kappa shape index (κ2) is 6.79. The van der Waals surface area contributed by atoms with Crippen molar-refractivity contribution in [3.8, 4) is 5.75 Å². The molecule has 1 aromatic carbocycles. The van der Waals surface area contributed by atoms with Crippen molar-refractivity contribution < 1.29 is 14.3 Å². The van der Waals surface area contributed by atoms with Crippen LogP contribution < -0.4 is 10.5 Å². The summed E-state index contributed by atoms with van der Waals surface area (Å²) < 4.78 is 10.8. The highest BCUT2D eigenvalue weighted by atomic mass is 16.6. The van der Waals surface area contributed by atoms with Gasteiger partial charge in [0.1, 0.15) is 11.4 Å². The molecule has 0 unspecified atom stereocenters. The van der Waals surface area contributed by atoms with Crippen molar-refractivity contribution in [3.63, 3.8) is 0 Å². The summed E-state index contributed by atoms with van der Waals surface area (Å²) in [5.74, 6) is 0.867. The Hall–Kier alpha value is -1.75. The summed E-state index contributed by atoms with van der Waals surface area (Å²) in [6.07, 6.45) is 2.00. The molecule has 2 rings (SSSR count). The topological polar surface area (TPSA) is 64.8 Å². The molecule has 0 aromatic heterocycles. The largest absolute Gasteiger partial charge is 0.496 e. The van der Waals surface area contributed by atoms with Crippen molar-refractivity contribution in [2.75, 3.05) is 20.2 Å². The van der Waals surface area contributed by atoms with Crippen LogP contribution in [0.2, 0.25) is 0 Å². The van der Waals surface area contributed by atoms with Gasteiger partial charge < -0.3 is 20.1 Å². The van der Waals surface area contributed by atoms with E-state index in [0.717, 1.165) is 30.6 Å². The Morgan fingerprint density at radius 2 is 1.87 bits per heavy atom. The molecule has 23 heavy (non-hydrogen) atoms. The number of rotatable bonds is 3. The van der Waals surface area contributed by atoms with Gasteiger partial charge in [-0.3, -0.25) is 0 Å². The van der Waals surface area contributed by atoms with E-state index in [9.17, 15) is 4.79 Å². The fourth-order valence-electron chi connectivity index (χ4n) is 2.87. The van der Waals surface area contributed by atoms with Crippen LogP contribution in [-0.2, 0) is 11.2 Å². The number of hydrogen-bond donors (Lipinski definition) is 1. The number of amides is 1. The number of methoxy groups -OCH3 is 1. The lowest BCUT2D eigenvalue weighted by molar-refractivity contribution is 0.0168. The fourth-order valence-corrected chi connectivity index (χ4v) is 2.87. The predicted octanol–water partition coefficient (Wildman–Crippen LogP) is 2.97. The maximum absolute atomic E-state index is 12.1. The van der Waals surface area contributed by atoms with Gasteiger partial charge in [0.15, 0.2) is 0 Å². The highest BCUT2D eigenvalue weighted by Crippen LogP contribution is 2.29. The average Bonchev–Trinajstić information content (AvgIpc) is 2.46. The van der Waals surface area contributed by atoms with Crippen LogP contribution >= 0.6 is 0 Å². The lowest BCUT2D eigenvalue weighted by Gasteiger charge is -2.39. The zero-order valence-electron chi connectivity index (χ0n) is 14.6. The van der Waals surface area contributed by atoms with Crippen molar-refractivity contribution >= 4 is 6.09 Å². The van der Waals surface area contributed by atoms with Gasteiger partial charge in [0.25, 0.3) is 0 Å². The summed E-state index contributed by atoms with van der Waals surface area (Å²) in [7, 11) is 1.67. The number of likely N-dealkylation sites (tertiary alicyclic amines) is 1. The van der Waals surface area contributed by atoms with Crippen molar-refractivity contribution in [3.05, 3.63) is 29.8 Å². The molecule has 5 nitrogen and oxygen atoms in total. The maximum Gasteiger partial charge on any atom is 0.410 e. The Morgan fingerprint density at radius 3 is 2.43 bits per heavy atom. The third-order valence-corrected chi connectivity index (χ3v) is 4.15. The van der Waals surface area contributed by atoms with Crippen LogP contribution in [0.4, 0.5) is 4.79 Å². The average molecular weight is 320 g/mol. The first-order valence-corrected chi connectivity index (χ1v) is 8.11. The number of carbonyl (C=O) groups is 1. The van der Waals surface area contributed by atoms with E-state index < -0.39 is 5.60 Å². The van der Waals surface area contributed by atoms with E-state index in [1.165, 1.54) is 0 Å².